The molecule has 8 heteroatoms. The fraction of sp³-hybridized carbons (Fsp3) is 0.800. The molecule has 0 saturated carbocycles. The van der Waals surface area contributed by atoms with Crippen LogP contribution in [0.1, 0.15) is 20.8 Å². The smallest absolute Gasteiger partial charge is 0.406 e. The number of carboxylic acids is 1. The van der Waals surface area contributed by atoms with E-state index in [-0.39, 0.29) is 16.9 Å². The van der Waals surface area contributed by atoms with Crippen LogP contribution in [-0.2, 0) is 4.79 Å². The Morgan fingerprint density at radius 1 is 1.28 bits per heavy atom. The third kappa shape index (κ3) is 6.97. The largest absolute Gasteiger partial charge is 0.480 e. The van der Waals surface area contributed by atoms with Crippen molar-refractivity contribution in [3.05, 3.63) is 0 Å². The molecule has 0 rings (SSSR count). The minimum atomic E-state index is -4.63. The van der Waals surface area contributed by atoms with Gasteiger partial charge in [-0.15, -0.1) is 0 Å². The van der Waals surface area contributed by atoms with Gasteiger partial charge in [0.1, 0.15) is 13.1 Å². The molecule has 0 saturated heterocycles. The Morgan fingerprint density at radius 2 is 1.78 bits per heavy atom. The van der Waals surface area contributed by atoms with Crippen molar-refractivity contribution in [3.63, 3.8) is 0 Å². The van der Waals surface area contributed by atoms with E-state index in [1.165, 1.54) is 0 Å². The van der Waals surface area contributed by atoms with E-state index in [4.69, 9.17) is 5.11 Å². The van der Waals surface area contributed by atoms with E-state index >= 15 is 0 Å². The molecule has 0 bridgehead atoms. The summed E-state index contributed by atoms with van der Waals surface area (Å²) < 4.78 is 36.6. The highest BCUT2D eigenvalue weighted by Gasteiger charge is 2.34. The molecule has 0 fully saturated rings. The second-order valence-electron chi connectivity index (χ2n) is 4.35. The zero-order valence-electron chi connectivity index (χ0n) is 10.4. The van der Waals surface area contributed by atoms with Crippen LogP contribution in [0.25, 0.3) is 0 Å². The van der Waals surface area contributed by atoms with Gasteiger partial charge in [0.2, 0.25) is 0 Å². The number of carbonyl (C=O) groups excluding carboxylic acids is 1. The molecule has 5 nitrogen and oxygen atoms in total. The van der Waals surface area contributed by atoms with Crippen LogP contribution >= 0.6 is 0 Å². The molecule has 2 amide bonds. The first-order chi connectivity index (χ1) is 8.03. The van der Waals surface area contributed by atoms with Crippen LogP contribution in [0.5, 0.6) is 0 Å². The lowest BCUT2D eigenvalue weighted by Crippen LogP contribution is -2.50. The van der Waals surface area contributed by atoms with E-state index in [9.17, 15) is 22.8 Å². The zero-order chi connectivity index (χ0) is 14.5. The summed E-state index contributed by atoms with van der Waals surface area (Å²) in [4.78, 5) is 22.2. The summed E-state index contributed by atoms with van der Waals surface area (Å²) in [6.07, 6.45) is -4.63. The van der Waals surface area contributed by atoms with Crippen molar-refractivity contribution < 1.29 is 27.9 Å². The number of carbonyl (C=O) groups is 2. The minimum Gasteiger partial charge on any atom is -0.480 e. The molecule has 0 aromatic heterocycles. The van der Waals surface area contributed by atoms with Crippen LogP contribution < -0.4 is 5.32 Å². The zero-order valence-corrected chi connectivity index (χ0v) is 10.4. The highest BCUT2D eigenvalue weighted by molar-refractivity contribution is 5.80. The topological polar surface area (TPSA) is 69.6 Å². The summed E-state index contributed by atoms with van der Waals surface area (Å²) in [5, 5.41) is 10.8. The van der Waals surface area contributed by atoms with E-state index < -0.39 is 31.3 Å². The van der Waals surface area contributed by atoms with Gasteiger partial charge in [0, 0.05) is 6.04 Å². The van der Waals surface area contributed by atoms with E-state index in [1.807, 2.05) is 0 Å². The van der Waals surface area contributed by atoms with Crippen LogP contribution in [0.3, 0.4) is 0 Å². The van der Waals surface area contributed by atoms with Crippen molar-refractivity contribution in [2.24, 2.45) is 5.92 Å². The lowest BCUT2D eigenvalue weighted by atomic mass is 10.1. The number of urea groups is 1. The number of nitrogens with one attached hydrogen (secondary N) is 1. The molecule has 0 aliphatic carbocycles. The lowest BCUT2D eigenvalue weighted by Gasteiger charge is -2.26. The monoisotopic (exact) mass is 270 g/mol. The number of amides is 2. The third-order valence-electron chi connectivity index (χ3n) is 2.33. The molecule has 0 heterocycles. The highest BCUT2D eigenvalue weighted by atomic mass is 19.4. The van der Waals surface area contributed by atoms with Crippen LogP contribution in [0, 0.1) is 5.92 Å². The SMILES string of the molecule is CC(C)C(C)NC(=O)N(CC(=O)O)CC(F)(F)F. The molecule has 1 unspecified atom stereocenters. The molecule has 0 aliphatic rings. The van der Waals surface area contributed by atoms with Crippen LogP contribution in [-0.4, -0.2) is 47.3 Å². The van der Waals surface area contributed by atoms with Crippen molar-refractivity contribution in [2.75, 3.05) is 13.1 Å². The maximum Gasteiger partial charge on any atom is 0.406 e. The number of hydrogen-bond acceptors (Lipinski definition) is 2. The number of nitrogens with zero attached hydrogens (tertiary/aromatic N) is 1. The number of carboxylic acid groups (broad SMARTS) is 1. The Balaban J connectivity index is 4.64. The predicted molar refractivity (Wildman–Crippen MR) is 58.1 cm³/mol. The number of aliphatic carboxylic acids is 1. The Bertz CT molecular complexity index is 305. The van der Waals surface area contributed by atoms with E-state index in [2.05, 4.69) is 5.32 Å². The summed E-state index contributed by atoms with van der Waals surface area (Å²) in [5.41, 5.74) is 0. The normalized spacial score (nSPS) is 13.3. The standard InChI is InChI=1S/C10H17F3N2O3/c1-6(2)7(3)14-9(18)15(4-8(16)17)5-10(11,12)13/h6-7H,4-5H2,1-3H3,(H,14,18)(H,16,17). The maximum atomic E-state index is 12.2. The van der Waals surface area contributed by atoms with Gasteiger partial charge in [-0.2, -0.15) is 13.2 Å². The Morgan fingerprint density at radius 3 is 2.11 bits per heavy atom. The fourth-order valence-corrected chi connectivity index (χ4v) is 1.03. The van der Waals surface area contributed by atoms with Crippen LogP contribution in [0.15, 0.2) is 0 Å². The molecule has 1 atom stereocenters. The number of alkyl halides is 3. The summed E-state index contributed by atoms with van der Waals surface area (Å²) in [7, 11) is 0. The predicted octanol–water partition coefficient (Wildman–Crippen LogP) is 1.69. The maximum absolute atomic E-state index is 12.2. The molecule has 0 spiro atoms. The summed E-state index contributed by atoms with van der Waals surface area (Å²) in [6.45, 7) is 2.63. The molecular weight excluding hydrogens is 253 g/mol. The summed E-state index contributed by atoms with van der Waals surface area (Å²) >= 11 is 0. The molecule has 0 aromatic carbocycles. The highest BCUT2D eigenvalue weighted by Crippen LogP contribution is 2.16. The summed E-state index contributed by atoms with van der Waals surface area (Å²) in [5.74, 6) is -1.46. The Hall–Kier alpha value is -1.47. The van der Waals surface area contributed by atoms with Gasteiger partial charge < -0.3 is 15.3 Å². The molecule has 0 radical (unpaired) electrons. The molecule has 106 valence electrons. The first kappa shape index (κ1) is 16.5. The van der Waals surface area contributed by atoms with Crippen molar-refractivity contribution >= 4 is 12.0 Å². The van der Waals surface area contributed by atoms with Crippen LogP contribution in [0.2, 0.25) is 0 Å². The third-order valence-corrected chi connectivity index (χ3v) is 2.33. The molecular formula is C10H17F3N2O3. The molecule has 18 heavy (non-hydrogen) atoms. The van der Waals surface area contributed by atoms with E-state index in [1.54, 1.807) is 20.8 Å². The lowest BCUT2D eigenvalue weighted by molar-refractivity contribution is -0.149. The summed E-state index contributed by atoms with van der Waals surface area (Å²) in [6, 6.07) is -1.38. The van der Waals surface area contributed by atoms with Crippen LogP contribution in [0.4, 0.5) is 18.0 Å². The van der Waals surface area contributed by atoms with Crippen molar-refractivity contribution in [1.82, 2.24) is 10.2 Å². The first-order valence-corrected chi connectivity index (χ1v) is 5.37. The van der Waals surface area contributed by atoms with Gasteiger partial charge in [-0.3, -0.25) is 4.79 Å². The first-order valence-electron chi connectivity index (χ1n) is 5.37. The average molecular weight is 270 g/mol. The van der Waals surface area contributed by atoms with Gasteiger partial charge in [0.25, 0.3) is 0 Å². The van der Waals surface area contributed by atoms with Gasteiger partial charge in [0.15, 0.2) is 0 Å². The quantitative estimate of drug-likeness (QED) is 0.798. The number of hydrogen-bond donors (Lipinski definition) is 2. The second-order valence-corrected chi connectivity index (χ2v) is 4.35. The van der Waals surface area contributed by atoms with Crippen molar-refractivity contribution in [3.8, 4) is 0 Å². The Kier molecular flexibility index (Phi) is 5.93. The minimum absolute atomic E-state index is 0.0338. The van der Waals surface area contributed by atoms with Gasteiger partial charge in [-0.05, 0) is 12.8 Å². The fourth-order valence-electron chi connectivity index (χ4n) is 1.03. The number of halogens is 3. The second kappa shape index (κ2) is 6.46. The van der Waals surface area contributed by atoms with E-state index in [0.717, 1.165) is 0 Å². The molecule has 2 N–H and O–H groups in total. The van der Waals surface area contributed by atoms with Gasteiger partial charge >= 0.3 is 18.2 Å². The van der Waals surface area contributed by atoms with Gasteiger partial charge in [-0.25, -0.2) is 4.79 Å². The van der Waals surface area contributed by atoms with Crippen molar-refractivity contribution in [1.29, 1.82) is 0 Å². The average Bonchev–Trinajstić information content (AvgIpc) is 2.13. The molecule has 0 aromatic rings. The Labute approximate surface area is 103 Å². The molecule has 0 aliphatic heterocycles. The van der Waals surface area contributed by atoms with Crippen molar-refractivity contribution in [2.45, 2.75) is 33.0 Å². The number of rotatable bonds is 5. The van der Waals surface area contributed by atoms with Gasteiger partial charge in [0.05, 0.1) is 0 Å². The van der Waals surface area contributed by atoms with E-state index in [0.29, 0.717) is 0 Å². The van der Waals surface area contributed by atoms with Gasteiger partial charge in [-0.1, -0.05) is 13.8 Å².